The van der Waals surface area contributed by atoms with Crippen molar-refractivity contribution in [1.82, 2.24) is 9.78 Å². The molecule has 0 atom stereocenters. The van der Waals surface area contributed by atoms with E-state index in [-0.39, 0.29) is 0 Å². The second-order valence-electron chi connectivity index (χ2n) is 6.12. The van der Waals surface area contributed by atoms with Crippen LogP contribution in [0.2, 0.25) is 5.02 Å². The number of halogens is 1. The number of hydrogen-bond donors (Lipinski definition) is 1. The Morgan fingerprint density at radius 3 is 2.58 bits per heavy atom. The molecule has 0 amide bonds. The summed E-state index contributed by atoms with van der Waals surface area (Å²) in [4.78, 5) is 0. The number of ether oxygens (including phenoxy) is 1. The summed E-state index contributed by atoms with van der Waals surface area (Å²) in [5, 5.41) is 7.88. The Balaban J connectivity index is 1.79. The minimum Gasteiger partial charge on any atom is -0.382 e. The highest BCUT2D eigenvalue weighted by atomic mass is 35.5. The highest BCUT2D eigenvalue weighted by Crippen LogP contribution is 2.24. The van der Waals surface area contributed by atoms with Gasteiger partial charge in [-0.1, -0.05) is 41.9 Å². The van der Waals surface area contributed by atoms with E-state index in [9.17, 15) is 0 Å². The summed E-state index contributed by atoms with van der Waals surface area (Å²) in [6.07, 6.45) is 3.18. The molecule has 0 radical (unpaired) electrons. The molecule has 3 rings (SSSR count). The lowest BCUT2D eigenvalue weighted by atomic mass is 10.1. The molecule has 0 fully saturated rings. The van der Waals surface area contributed by atoms with Crippen molar-refractivity contribution in [3.63, 3.8) is 0 Å². The molecule has 5 heteroatoms. The molecule has 2 N–H and O–H groups in total. The number of nitrogens with two attached hydrogens (primary N) is 1. The fourth-order valence-electron chi connectivity index (χ4n) is 2.85. The lowest BCUT2D eigenvalue weighted by molar-refractivity contribution is -0.671. The van der Waals surface area contributed by atoms with E-state index in [0.29, 0.717) is 0 Å². The summed E-state index contributed by atoms with van der Waals surface area (Å²) in [5.74, 6) is 0. The minimum atomic E-state index is 0.736. The van der Waals surface area contributed by atoms with Crippen molar-refractivity contribution in [3.05, 3.63) is 71.4 Å². The van der Waals surface area contributed by atoms with Gasteiger partial charge >= 0.3 is 0 Å². The number of benzene rings is 2. The third-order valence-corrected chi connectivity index (χ3v) is 4.45. The summed E-state index contributed by atoms with van der Waals surface area (Å²) in [7, 11) is 0. The topological polar surface area (TPSA) is 43.7 Å². The molecule has 0 aliphatic heterocycles. The van der Waals surface area contributed by atoms with Crippen LogP contribution in [-0.2, 0) is 11.3 Å². The maximum absolute atomic E-state index is 6.04. The van der Waals surface area contributed by atoms with Crippen molar-refractivity contribution in [1.29, 1.82) is 0 Å². The van der Waals surface area contributed by atoms with E-state index in [4.69, 9.17) is 21.4 Å². The van der Waals surface area contributed by atoms with Crippen molar-refractivity contribution in [2.24, 2.45) is 0 Å². The predicted octanol–water partition coefficient (Wildman–Crippen LogP) is 3.68. The molecular formula is C21H25ClN3O+. The molecule has 1 aromatic heterocycles. The summed E-state index contributed by atoms with van der Waals surface area (Å²) < 4.78 is 7.35. The Kier molecular flexibility index (Phi) is 6.83. The zero-order valence-electron chi connectivity index (χ0n) is 15.1. The molecule has 0 aliphatic carbocycles. The first-order valence-corrected chi connectivity index (χ1v) is 9.45. The average Bonchev–Trinajstić information content (AvgIpc) is 3.10. The quantitative estimate of drug-likeness (QED) is 0.584. The van der Waals surface area contributed by atoms with Crippen LogP contribution in [0.25, 0.3) is 16.9 Å². The van der Waals surface area contributed by atoms with Gasteiger partial charge in [-0.2, -0.15) is 5.10 Å². The van der Waals surface area contributed by atoms with Crippen LogP contribution < -0.4 is 5.32 Å². The Hall–Kier alpha value is -2.14. The number of nitrogens with zero attached hydrogens (tertiary/aromatic N) is 2. The summed E-state index contributed by atoms with van der Waals surface area (Å²) in [6.45, 7) is 5.55. The van der Waals surface area contributed by atoms with Gasteiger partial charge in [-0.05, 0) is 31.2 Å². The van der Waals surface area contributed by atoms with Crippen LogP contribution in [0, 0.1) is 0 Å². The largest absolute Gasteiger partial charge is 0.382 e. The first-order valence-electron chi connectivity index (χ1n) is 9.07. The zero-order chi connectivity index (χ0) is 18.2. The van der Waals surface area contributed by atoms with Crippen molar-refractivity contribution >= 4 is 11.6 Å². The normalized spacial score (nSPS) is 11.0. The number of aromatic nitrogens is 2. The third-order valence-electron chi connectivity index (χ3n) is 4.19. The van der Waals surface area contributed by atoms with Crippen LogP contribution in [0.4, 0.5) is 0 Å². The number of quaternary nitrogens is 1. The van der Waals surface area contributed by atoms with E-state index in [1.54, 1.807) is 0 Å². The standard InChI is InChI=1S/C21H24ClN3O/c1-2-26-14-6-13-23-15-18-16-25(20-7-4-3-5-8-20)24-21(18)17-9-11-19(22)12-10-17/h3-5,7-12,16,23H,2,6,13-15H2,1H3/p+1. The fourth-order valence-corrected chi connectivity index (χ4v) is 2.98. The third kappa shape index (κ3) is 4.94. The van der Waals surface area contributed by atoms with Gasteiger partial charge in [-0.25, -0.2) is 4.68 Å². The Bertz CT molecular complexity index is 800. The van der Waals surface area contributed by atoms with Crippen LogP contribution in [0.5, 0.6) is 0 Å². The maximum atomic E-state index is 6.04. The van der Waals surface area contributed by atoms with Gasteiger partial charge in [-0.3, -0.25) is 0 Å². The number of rotatable bonds is 9. The average molecular weight is 371 g/mol. The van der Waals surface area contributed by atoms with E-state index < -0.39 is 0 Å². The van der Waals surface area contributed by atoms with Crippen LogP contribution in [-0.4, -0.2) is 29.5 Å². The Morgan fingerprint density at radius 1 is 1.08 bits per heavy atom. The highest BCUT2D eigenvalue weighted by Gasteiger charge is 2.13. The summed E-state index contributed by atoms with van der Waals surface area (Å²) in [6, 6.07) is 18.1. The lowest BCUT2D eigenvalue weighted by Crippen LogP contribution is -2.82. The molecule has 0 saturated heterocycles. The van der Waals surface area contributed by atoms with Gasteiger partial charge < -0.3 is 10.1 Å². The molecule has 26 heavy (non-hydrogen) atoms. The van der Waals surface area contributed by atoms with E-state index in [1.807, 2.05) is 54.1 Å². The fraction of sp³-hybridized carbons (Fsp3) is 0.286. The molecule has 136 valence electrons. The van der Waals surface area contributed by atoms with Gasteiger partial charge in [0.05, 0.1) is 24.4 Å². The van der Waals surface area contributed by atoms with Gasteiger partial charge in [-0.15, -0.1) is 0 Å². The van der Waals surface area contributed by atoms with Gasteiger partial charge in [0.1, 0.15) is 12.2 Å². The molecule has 0 spiro atoms. The van der Waals surface area contributed by atoms with E-state index in [0.717, 1.165) is 54.7 Å². The zero-order valence-corrected chi connectivity index (χ0v) is 15.8. The molecule has 4 nitrogen and oxygen atoms in total. The van der Waals surface area contributed by atoms with Crippen molar-refractivity contribution in [2.45, 2.75) is 19.9 Å². The molecule has 0 aliphatic rings. The van der Waals surface area contributed by atoms with Crippen molar-refractivity contribution < 1.29 is 10.1 Å². The molecular weight excluding hydrogens is 346 g/mol. The predicted molar refractivity (Wildman–Crippen MR) is 106 cm³/mol. The van der Waals surface area contributed by atoms with Crippen LogP contribution in [0.15, 0.2) is 60.8 Å². The van der Waals surface area contributed by atoms with E-state index in [2.05, 4.69) is 23.6 Å². The molecule has 1 heterocycles. The Labute approximate surface area is 159 Å². The van der Waals surface area contributed by atoms with Gasteiger partial charge in [0.2, 0.25) is 0 Å². The van der Waals surface area contributed by atoms with Gasteiger partial charge in [0.25, 0.3) is 0 Å². The van der Waals surface area contributed by atoms with Gasteiger partial charge in [0, 0.05) is 29.8 Å². The number of hydrogen-bond acceptors (Lipinski definition) is 2. The first kappa shape index (κ1) is 18.6. The molecule has 0 bridgehead atoms. The van der Waals surface area contributed by atoms with E-state index in [1.165, 1.54) is 5.56 Å². The number of para-hydroxylation sites is 1. The van der Waals surface area contributed by atoms with Crippen LogP contribution >= 0.6 is 11.6 Å². The minimum absolute atomic E-state index is 0.736. The van der Waals surface area contributed by atoms with Crippen molar-refractivity contribution in [3.8, 4) is 16.9 Å². The SMILES string of the molecule is CCOCCC[NH2+]Cc1cn(-c2ccccc2)nc1-c1ccc(Cl)cc1. The van der Waals surface area contributed by atoms with E-state index >= 15 is 0 Å². The lowest BCUT2D eigenvalue weighted by Gasteiger charge is -2.03. The molecule has 2 aromatic carbocycles. The molecule has 3 aromatic rings. The van der Waals surface area contributed by atoms with Crippen LogP contribution in [0.1, 0.15) is 18.9 Å². The monoisotopic (exact) mass is 370 g/mol. The van der Waals surface area contributed by atoms with Gasteiger partial charge in [0.15, 0.2) is 0 Å². The van der Waals surface area contributed by atoms with Crippen molar-refractivity contribution in [2.75, 3.05) is 19.8 Å². The second kappa shape index (κ2) is 9.53. The molecule has 0 saturated carbocycles. The smallest absolute Gasteiger partial charge is 0.105 e. The van der Waals surface area contributed by atoms with Crippen LogP contribution in [0.3, 0.4) is 0 Å². The Morgan fingerprint density at radius 2 is 1.85 bits per heavy atom. The highest BCUT2D eigenvalue weighted by molar-refractivity contribution is 6.30. The summed E-state index contributed by atoms with van der Waals surface area (Å²) >= 11 is 6.04. The summed E-state index contributed by atoms with van der Waals surface area (Å²) in [5.41, 5.74) is 4.37. The maximum Gasteiger partial charge on any atom is 0.105 e. The first-order chi connectivity index (χ1) is 12.8. The second-order valence-corrected chi connectivity index (χ2v) is 6.56. The molecule has 0 unspecified atom stereocenters.